The van der Waals surface area contributed by atoms with E-state index in [-0.39, 0.29) is 0 Å². The van der Waals surface area contributed by atoms with Crippen molar-refractivity contribution in [3.63, 3.8) is 0 Å². The van der Waals surface area contributed by atoms with Crippen LogP contribution in [-0.2, 0) is 0 Å². The zero-order valence-corrected chi connectivity index (χ0v) is 10.6. The van der Waals surface area contributed by atoms with Crippen molar-refractivity contribution in [2.75, 3.05) is 0 Å². The molecule has 0 unspecified atom stereocenters. The van der Waals surface area contributed by atoms with Crippen LogP contribution in [0.3, 0.4) is 0 Å². The summed E-state index contributed by atoms with van der Waals surface area (Å²) in [6.45, 7) is 0. The third-order valence-corrected chi connectivity index (χ3v) is 2.81. The summed E-state index contributed by atoms with van der Waals surface area (Å²) in [7, 11) is 0. The lowest BCUT2D eigenvalue weighted by Crippen LogP contribution is -1.86. The van der Waals surface area contributed by atoms with Crippen LogP contribution < -0.4 is 4.74 Å². The molecular weight excluding hydrogens is 248 g/mol. The Morgan fingerprint density at radius 3 is 1.29 bits per heavy atom. The average molecular weight is 258 g/mol. The SMILES string of the molecule is S=Cc1ccc(Oc2ccc(C=S)cc2)cc1. The predicted octanol–water partition coefficient (Wildman–Crippen LogP) is 4.17. The number of hydrogen-bond donors (Lipinski definition) is 0. The second-order valence-electron chi connectivity index (χ2n) is 3.48. The first-order valence-electron chi connectivity index (χ1n) is 5.10. The van der Waals surface area contributed by atoms with Crippen molar-refractivity contribution < 1.29 is 4.74 Å². The lowest BCUT2D eigenvalue weighted by molar-refractivity contribution is 0.482. The maximum atomic E-state index is 5.68. The van der Waals surface area contributed by atoms with Crippen LogP contribution in [0.4, 0.5) is 0 Å². The summed E-state index contributed by atoms with van der Waals surface area (Å²) in [4.78, 5) is 0. The van der Waals surface area contributed by atoms with Crippen LogP contribution in [0.1, 0.15) is 11.1 Å². The smallest absolute Gasteiger partial charge is 0.127 e. The topological polar surface area (TPSA) is 9.23 Å². The first-order chi connectivity index (χ1) is 8.31. The highest BCUT2D eigenvalue weighted by molar-refractivity contribution is 7.79. The molecular formula is C14H10OS2. The molecule has 0 aliphatic heterocycles. The molecule has 1 nitrogen and oxygen atoms in total. The summed E-state index contributed by atoms with van der Waals surface area (Å²) in [5.41, 5.74) is 2.01. The molecule has 0 saturated carbocycles. The molecule has 0 atom stereocenters. The Labute approximate surface area is 111 Å². The summed E-state index contributed by atoms with van der Waals surface area (Å²) >= 11 is 9.68. The number of rotatable bonds is 4. The van der Waals surface area contributed by atoms with Crippen molar-refractivity contribution in [2.24, 2.45) is 0 Å². The standard InChI is InChI=1S/C14H10OS2/c16-9-11-1-5-13(6-2-11)15-14-7-3-12(10-17)4-8-14/h1-10H. The molecule has 0 saturated heterocycles. The van der Waals surface area contributed by atoms with E-state index in [1.54, 1.807) is 10.7 Å². The molecule has 0 aliphatic rings. The number of benzene rings is 2. The van der Waals surface area contributed by atoms with E-state index in [9.17, 15) is 0 Å². The molecule has 2 aromatic rings. The molecule has 0 fully saturated rings. The van der Waals surface area contributed by atoms with Crippen molar-refractivity contribution in [3.05, 3.63) is 59.7 Å². The monoisotopic (exact) mass is 258 g/mol. The van der Waals surface area contributed by atoms with E-state index in [4.69, 9.17) is 29.2 Å². The second kappa shape index (κ2) is 5.66. The molecule has 0 aromatic heterocycles. The van der Waals surface area contributed by atoms with Crippen LogP contribution >= 0.6 is 24.4 Å². The van der Waals surface area contributed by atoms with Crippen LogP contribution in [0.15, 0.2) is 48.5 Å². The Balaban J connectivity index is 2.13. The Morgan fingerprint density at radius 1 is 0.647 bits per heavy atom. The molecule has 17 heavy (non-hydrogen) atoms. The van der Waals surface area contributed by atoms with Gasteiger partial charge in [0.2, 0.25) is 0 Å². The van der Waals surface area contributed by atoms with Gasteiger partial charge >= 0.3 is 0 Å². The van der Waals surface area contributed by atoms with E-state index in [0.717, 1.165) is 22.6 Å². The number of thiocarbonyl (C=S) groups is 2. The van der Waals surface area contributed by atoms with Crippen molar-refractivity contribution in [2.45, 2.75) is 0 Å². The van der Waals surface area contributed by atoms with Crippen molar-refractivity contribution in [1.29, 1.82) is 0 Å². The molecule has 0 amide bonds. The van der Waals surface area contributed by atoms with Gasteiger partial charge in [0, 0.05) is 10.7 Å². The van der Waals surface area contributed by atoms with Crippen molar-refractivity contribution in [3.8, 4) is 11.5 Å². The molecule has 2 aromatic carbocycles. The first kappa shape index (κ1) is 11.9. The Kier molecular flexibility index (Phi) is 3.96. The molecule has 0 bridgehead atoms. The predicted molar refractivity (Wildman–Crippen MR) is 78.5 cm³/mol. The third-order valence-electron chi connectivity index (χ3n) is 2.27. The van der Waals surface area contributed by atoms with Gasteiger partial charge in [-0.15, -0.1) is 0 Å². The molecule has 0 spiro atoms. The van der Waals surface area contributed by atoms with Gasteiger partial charge in [0.1, 0.15) is 11.5 Å². The van der Waals surface area contributed by atoms with Gasteiger partial charge in [0.05, 0.1) is 0 Å². The largest absolute Gasteiger partial charge is 0.457 e. The van der Waals surface area contributed by atoms with E-state index in [2.05, 4.69) is 0 Å². The van der Waals surface area contributed by atoms with Gasteiger partial charge in [-0.25, -0.2) is 0 Å². The first-order valence-corrected chi connectivity index (χ1v) is 6.04. The Bertz CT molecular complexity index is 465. The highest BCUT2D eigenvalue weighted by Crippen LogP contribution is 2.21. The van der Waals surface area contributed by atoms with Gasteiger partial charge in [-0.05, 0) is 35.4 Å². The van der Waals surface area contributed by atoms with Crippen LogP contribution in [0.2, 0.25) is 0 Å². The average Bonchev–Trinajstić information content (AvgIpc) is 2.40. The molecule has 3 heteroatoms. The molecule has 0 radical (unpaired) electrons. The molecule has 0 aliphatic carbocycles. The van der Waals surface area contributed by atoms with Crippen molar-refractivity contribution in [1.82, 2.24) is 0 Å². The van der Waals surface area contributed by atoms with Gasteiger partial charge in [-0.3, -0.25) is 0 Å². The fourth-order valence-corrected chi connectivity index (χ4v) is 1.68. The molecule has 0 N–H and O–H groups in total. The summed E-state index contributed by atoms with van der Waals surface area (Å²) in [5, 5.41) is 3.27. The number of hydrogen-bond acceptors (Lipinski definition) is 3. The second-order valence-corrected chi connectivity index (χ2v) is 3.95. The van der Waals surface area contributed by atoms with Crippen LogP contribution in [0, 0.1) is 0 Å². The quantitative estimate of drug-likeness (QED) is 0.762. The van der Waals surface area contributed by atoms with Crippen molar-refractivity contribution >= 4 is 35.2 Å². The fraction of sp³-hybridized carbons (Fsp3) is 0. The van der Waals surface area contributed by atoms with Gasteiger partial charge in [0.15, 0.2) is 0 Å². The molecule has 0 heterocycles. The zero-order valence-electron chi connectivity index (χ0n) is 9.00. The fourth-order valence-electron chi connectivity index (χ4n) is 1.36. The minimum atomic E-state index is 0.792. The van der Waals surface area contributed by atoms with Crippen LogP contribution in [0.5, 0.6) is 11.5 Å². The van der Waals surface area contributed by atoms with Gasteiger partial charge in [-0.2, -0.15) is 0 Å². The summed E-state index contributed by atoms with van der Waals surface area (Å²) in [6, 6.07) is 15.3. The number of ether oxygens (including phenoxy) is 1. The van der Waals surface area contributed by atoms with E-state index in [1.165, 1.54) is 0 Å². The molecule has 84 valence electrons. The van der Waals surface area contributed by atoms with E-state index in [1.807, 2.05) is 48.5 Å². The van der Waals surface area contributed by atoms with E-state index in [0.29, 0.717) is 0 Å². The Morgan fingerprint density at radius 2 is 1.00 bits per heavy atom. The molecule has 2 rings (SSSR count). The summed E-state index contributed by atoms with van der Waals surface area (Å²) in [6.07, 6.45) is 0. The minimum absolute atomic E-state index is 0.792. The van der Waals surface area contributed by atoms with E-state index >= 15 is 0 Å². The van der Waals surface area contributed by atoms with Crippen LogP contribution in [-0.4, -0.2) is 10.7 Å². The Hall–Kier alpha value is -1.58. The maximum Gasteiger partial charge on any atom is 0.127 e. The lowest BCUT2D eigenvalue weighted by atomic mass is 10.2. The lowest BCUT2D eigenvalue weighted by Gasteiger charge is -2.05. The normalized spacial score (nSPS) is 9.65. The van der Waals surface area contributed by atoms with Crippen LogP contribution in [0.25, 0.3) is 0 Å². The summed E-state index contributed by atoms with van der Waals surface area (Å²) in [5.74, 6) is 1.58. The van der Waals surface area contributed by atoms with Gasteiger partial charge < -0.3 is 4.74 Å². The van der Waals surface area contributed by atoms with E-state index < -0.39 is 0 Å². The summed E-state index contributed by atoms with van der Waals surface area (Å²) < 4.78 is 5.68. The maximum absolute atomic E-state index is 5.68. The third kappa shape index (κ3) is 3.19. The van der Waals surface area contributed by atoms with Gasteiger partial charge in [0.25, 0.3) is 0 Å². The highest BCUT2D eigenvalue weighted by Gasteiger charge is 1.97. The van der Waals surface area contributed by atoms with Gasteiger partial charge in [-0.1, -0.05) is 48.7 Å². The minimum Gasteiger partial charge on any atom is -0.457 e. The highest BCUT2D eigenvalue weighted by atomic mass is 32.1. The zero-order chi connectivity index (χ0) is 12.1.